The number of hydrogen-bond donors (Lipinski definition) is 0. The second-order valence-electron chi connectivity index (χ2n) is 4.71. The molecule has 1 heteroatoms. The maximum atomic E-state index is 11.9. The topological polar surface area (TPSA) is 0 Å². The first-order chi connectivity index (χ1) is 9.33. The van der Waals surface area contributed by atoms with Crippen LogP contribution in [0.2, 0.25) is 0 Å². The molecule has 0 aliphatic rings. The summed E-state index contributed by atoms with van der Waals surface area (Å²) in [6, 6.07) is 17.0. The van der Waals surface area contributed by atoms with Crippen molar-refractivity contribution in [2.24, 2.45) is 0 Å². The molecular weight excluding hydrogens is 235 g/mol. The van der Waals surface area contributed by atoms with Crippen LogP contribution in [-0.2, 0) is 12.8 Å². The summed E-state index contributed by atoms with van der Waals surface area (Å²) >= 11 is 0. The van der Waals surface area contributed by atoms with Crippen molar-refractivity contribution in [3.05, 3.63) is 72.1 Å². The zero-order chi connectivity index (χ0) is 13.5. The molecule has 0 N–H and O–H groups in total. The van der Waals surface area contributed by atoms with Gasteiger partial charge in [0.1, 0.15) is 0 Å². The van der Waals surface area contributed by atoms with Gasteiger partial charge >= 0.3 is 0 Å². The lowest BCUT2D eigenvalue weighted by Crippen LogP contribution is -1.85. The first-order valence-corrected chi connectivity index (χ1v) is 6.77. The molecule has 2 rings (SSSR count). The number of benzene rings is 2. The fourth-order valence-corrected chi connectivity index (χ4v) is 2.17. The van der Waals surface area contributed by atoms with Crippen molar-refractivity contribution in [2.75, 3.05) is 0 Å². The highest BCUT2D eigenvalue weighted by Crippen LogP contribution is 2.21. The Labute approximate surface area is 114 Å². The summed E-state index contributed by atoms with van der Waals surface area (Å²) < 4.78 is 11.9. The minimum absolute atomic E-state index is 0.598. The molecule has 0 nitrogen and oxygen atoms in total. The molecule has 0 radical (unpaired) electrons. The van der Waals surface area contributed by atoms with Gasteiger partial charge in [0.05, 0.1) is 6.33 Å². The van der Waals surface area contributed by atoms with Crippen molar-refractivity contribution in [2.45, 2.75) is 26.2 Å². The monoisotopic (exact) mass is 254 g/mol. The Hall–Kier alpha value is -1.89. The molecule has 0 spiro atoms. The molecule has 19 heavy (non-hydrogen) atoms. The summed E-state index contributed by atoms with van der Waals surface area (Å²) in [7, 11) is 0. The van der Waals surface area contributed by atoms with E-state index in [4.69, 9.17) is 0 Å². The summed E-state index contributed by atoms with van der Waals surface area (Å²) in [6.07, 6.45) is 5.08. The Morgan fingerprint density at radius 1 is 0.842 bits per heavy atom. The van der Waals surface area contributed by atoms with Gasteiger partial charge in [-0.05, 0) is 35.1 Å². The molecular formula is C18H19F. The summed E-state index contributed by atoms with van der Waals surface area (Å²) in [5.74, 6) is 0. The van der Waals surface area contributed by atoms with Gasteiger partial charge in [-0.3, -0.25) is 0 Å². The molecule has 0 saturated heterocycles. The average molecular weight is 254 g/mol. The quantitative estimate of drug-likeness (QED) is 0.676. The fourth-order valence-electron chi connectivity index (χ4n) is 2.17. The second-order valence-corrected chi connectivity index (χ2v) is 4.71. The Kier molecular flexibility index (Phi) is 4.91. The van der Waals surface area contributed by atoms with Crippen molar-refractivity contribution >= 4 is 0 Å². The summed E-state index contributed by atoms with van der Waals surface area (Å²) in [5.41, 5.74) is 4.94. The maximum Gasteiger partial charge on any atom is 0.0830 e. The van der Waals surface area contributed by atoms with E-state index in [0.29, 0.717) is 12.8 Å². The van der Waals surface area contributed by atoms with Gasteiger partial charge in [0.2, 0.25) is 0 Å². The molecule has 0 aromatic heterocycles. The van der Waals surface area contributed by atoms with Crippen LogP contribution in [0.15, 0.2) is 60.9 Å². The van der Waals surface area contributed by atoms with Crippen molar-refractivity contribution in [3.8, 4) is 11.1 Å². The zero-order valence-electron chi connectivity index (χ0n) is 11.3. The maximum absolute atomic E-state index is 11.9. The van der Waals surface area contributed by atoms with E-state index >= 15 is 0 Å². The standard InChI is InChI=1S/C18H19F/c1-2-4-15-6-10-17(11-7-15)18-12-8-16(9-13-18)5-3-14-19/h3,6-14H,2,4-5H2,1H3/b14-3+. The molecule has 0 saturated carbocycles. The minimum atomic E-state index is 0.598. The van der Waals surface area contributed by atoms with Crippen LogP contribution in [0.5, 0.6) is 0 Å². The van der Waals surface area contributed by atoms with Crippen molar-refractivity contribution < 1.29 is 4.39 Å². The summed E-state index contributed by atoms with van der Waals surface area (Å²) in [4.78, 5) is 0. The molecule has 0 bridgehead atoms. The van der Waals surface area contributed by atoms with E-state index in [1.807, 2.05) is 0 Å². The largest absolute Gasteiger partial charge is 0.216 e. The molecule has 2 aromatic rings. The number of allylic oxidation sites excluding steroid dienone is 1. The minimum Gasteiger partial charge on any atom is -0.216 e. The van der Waals surface area contributed by atoms with E-state index in [-0.39, 0.29) is 0 Å². The van der Waals surface area contributed by atoms with Crippen LogP contribution in [0.25, 0.3) is 11.1 Å². The van der Waals surface area contributed by atoms with Crippen LogP contribution in [-0.4, -0.2) is 0 Å². The Bertz CT molecular complexity index is 521. The molecule has 0 atom stereocenters. The lowest BCUT2D eigenvalue weighted by Gasteiger charge is -2.05. The van der Waals surface area contributed by atoms with E-state index in [9.17, 15) is 4.39 Å². The lowest BCUT2D eigenvalue weighted by atomic mass is 10.0. The SMILES string of the molecule is CCCc1ccc(-c2ccc(C/C=C/F)cc2)cc1. The van der Waals surface area contributed by atoms with E-state index in [0.717, 1.165) is 12.0 Å². The van der Waals surface area contributed by atoms with Crippen LogP contribution in [0.3, 0.4) is 0 Å². The number of rotatable bonds is 5. The van der Waals surface area contributed by atoms with E-state index in [2.05, 4.69) is 55.5 Å². The normalized spacial score (nSPS) is 11.1. The first-order valence-electron chi connectivity index (χ1n) is 6.77. The zero-order valence-corrected chi connectivity index (χ0v) is 11.3. The average Bonchev–Trinajstić information content (AvgIpc) is 2.47. The van der Waals surface area contributed by atoms with Gasteiger partial charge in [0.25, 0.3) is 0 Å². The van der Waals surface area contributed by atoms with Crippen LogP contribution in [0.4, 0.5) is 4.39 Å². The van der Waals surface area contributed by atoms with Gasteiger partial charge in [-0.25, -0.2) is 4.39 Å². The van der Waals surface area contributed by atoms with Crippen LogP contribution in [0, 0.1) is 0 Å². The van der Waals surface area contributed by atoms with Crippen molar-refractivity contribution in [1.82, 2.24) is 0 Å². The van der Waals surface area contributed by atoms with Gasteiger partial charge in [0, 0.05) is 0 Å². The molecule has 0 heterocycles. The van der Waals surface area contributed by atoms with Gasteiger partial charge in [0.15, 0.2) is 0 Å². The fraction of sp³-hybridized carbons (Fsp3) is 0.222. The highest BCUT2D eigenvalue weighted by atomic mass is 19.1. The Balaban J connectivity index is 2.12. The molecule has 0 unspecified atom stereocenters. The highest BCUT2D eigenvalue weighted by molar-refractivity contribution is 5.64. The molecule has 0 aliphatic carbocycles. The smallest absolute Gasteiger partial charge is 0.0830 e. The second kappa shape index (κ2) is 6.89. The third-order valence-corrected chi connectivity index (χ3v) is 3.22. The Morgan fingerprint density at radius 2 is 1.37 bits per heavy atom. The van der Waals surface area contributed by atoms with E-state index < -0.39 is 0 Å². The molecule has 0 aliphatic heterocycles. The summed E-state index contributed by atoms with van der Waals surface area (Å²) in [6.45, 7) is 2.19. The van der Waals surface area contributed by atoms with Crippen molar-refractivity contribution in [1.29, 1.82) is 0 Å². The van der Waals surface area contributed by atoms with E-state index in [1.165, 1.54) is 29.2 Å². The van der Waals surface area contributed by atoms with E-state index in [1.54, 1.807) is 0 Å². The predicted molar refractivity (Wildman–Crippen MR) is 79.8 cm³/mol. The third kappa shape index (κ3) is 3.78. The van der Waals surface area contributed by atoms with Crippen LogP contribution < -0.4 is 0 Å². The first kappa shape index (κ1) is 13.5. The number of halogens is 1. The predicted octanol–water partition coefficient (Wildman–Crippen LogP) is 5.33. The van der Waals surface area contributed by atoms with Gasteiger partial charge in [-0.2, -0.15) is 0 Å². The van der Waals surface area contributed by atoms with Crippen molar-refractivity contribution in [3.63, 3.8) is 0 Å². The molecule has 0 amide bonds. The number of hydrogen-bond acceptors (Lipinski definition) is 0. The Morgan fingerprint density at radius 3 is 1.84 bits per heavy atom. The van der Waals surface area contributed by atoms with Gasteiger partial charge in [-0.1, -0.05) is 68.0 Å². The molecule has 2 aromatic carbocycles. The third-order valence-electron chi connectivity index (χ3n) is 3.22. The summed E-state index contributed by atoms with van der Waals surface area (Å²) in [5, 5.41) is 0. The molecule has 0 fully saturated rings. The van der Waals surface area contributed by atoms with Crippen LogP contribution >= 0.6 is 0 Å². The highest BCUT2D eigenvalue weighted by Gasteiger charge is 1.98. The lowest BCUT2D eigenvalue weighted by molar-refractivity contribution is 0.716. The van der Waals surface area contributed by atoms with Gasteiger partial charge in [-0.15, -0.1) is 0 Å². The molecule has 98 valence electrons. The van der Waals surface area contributed by atoms with Crippen LogP contribution in [0.1, 0.15) is 24.5 Å². The number of aryl methyl sites for hydroxylation is 1. The van der Waals surface area contributed by atoms with Gasteiger partial charge < -0.3 is 0 Å².